The van der Waals surface area contributed by atoms with Gasteiger partial charge in [-0.25, -0.2) is 4.79 Å². The SMILES string of the molecule is COc1cc(CCNC(=O)OCCc2c(C)cc(C)cc2C)cc(OC)c1. The molecule has 0 bridgehead atoms. The molecule has 5 nitrogen and oxygen atoms in total. The molecule has 0 aromatic heterocycles. The van der Waals surface area contributed by atoms with E-state index in [4.69, 9.17) is 14.2 Å². The summed E-state index contributed by atoms with van der Waals surface area (Å²) in [6.07, 6.45) is 0.990. The first-order valence-electron chi connectivity index (χ1n) is 9.12. The molecule has 5 heteroatoms. The highest BCUT2D eigenvalue weighted by Crippen LogP contribution is 2.22. The molecule has 0 saturated heterocycles. The monoisotopic (exact) mass is 371 g/mol. The number of methoxy groups -OCH3 is 2. The first-order valence-corrected chi connectivity index (χ1v) is 9.12. The van der Waals surface area contributed by atoms with Crippen LogP contribution in [0.15, 0.2) is 30.3 Å². The van der Waals surface area contributed by atoms with E-state index in [9.17, 15) is 4.79 Å². The molecular formula is C22H29NO4. The van der Waals surface area contributed by atoms with E-state index in [-0.39, 0.29) is 0 Å². The molecule has 2 rings (SSSR count). The predicted octanol–water partition coefficient (Wildman–Crippen LogP) is 4.14. The van der Waals surface area contributed by atoms with Crippen LogP contribution in [0.25, 0.3) is 0 Å². The van der Waals surface area contributed by atoms with Crippen molar-refractivity contribution in [3.63, 3.8) is 0 Å². The average Bonchev–Trinajstić information content (AvgIpc) is 2.63. The average molecular weight is 371 g/mol. The molecule has 0 unspecified atom stereocenters. The summed E-state index contributed by atoms with van der Waals surface area (Å²) in [6, 6.07) is 9.99. The van der Waals surface area contributed by atoms with Gasteiger partial charge in [-0.05, 0) is 61.6 Å². The highest BCUT2D eigenvalue weighted by Gasteiger charge is 2.07. The van der Waals surface area contributed by atoms with Gasteiger partial charge < -0.3 is 19.5 Å². The van der Waals surface area contributed by atoms with Crippen LogP contribution in [0.1, 0.15) is 27.8 Å². The van der Waals surface area contributed by atoms with Crippen molar-refractivity contribution in [3.05, 3.63) is 58.1 Å². The standard InChI is InChI=1S/C22H29NO4/c1-15-10-16(2)21(17(3)11-15)7-9-27-22(24)23-8-6-18-12-19(25-4)14-20(13-18)26-5/h10-14H,6-9H2,1-5H3,(H,23,24). The fourth-order valence-electron chi connectivity index (χ4n) is 3.22. The zero-order valence-corrected chi connectivity index (χ0v) is 16.8. The molecule has 2 aromatic rings. The van der Waals surface area contributed by atoms with Crippen LogP contribution in [0.2, 0.25) is 0 Å². The second kappa shape index (κ2) is 9.86. The molecule has 0 spiro atoms. The number of rotatable bonds is 8. The number of amides is 1. The third kappa shape index (κ3) is 6.20. The molecule has 0 fully saturated rings. The maximum absolute atomic E-state index is 11.9. The van der Waals surface area contributed by atoms with E-state index in [2.05, 4.69) is 38.2 Å². The molecule has 0 radical (unpaired) electrons. The summed E-state index contributed by atoms with van der Waals surface area (Å²) in [7, 11) is 3.23. The summed E-state index contributed by atoms with van der Waals surface area (Å²) < 4.78 is 15.8. The van der Waals surface area contributed by atoms with Gasteiger partial charge in [0.2, 0.25) is 0 Å². The summed E-state index contributed by atoms with van der Waals surface area (Å²) in [5, 5.41) is 2.79. The quantitative estimate of drug-likeness (QED) is 0.758. The Morgan fingerprint density at radius 1 is 0.889 bits per heavy atom. The van der Waals surface area contributed by atoms with Crippen LogP contribution in [0, 0.1) is 20.8 Å². The van der Waals surface area contributed by atoms with Crippen molar-refractivity contribution in [2.45, 2.75) is 33.6 Å². The molecule has 27 heavy (non-hydrogen) atoms. The topological polar surface area (TPSA) is 56.8 Å². The van der Waals surface area contributed by atoms with Crippen molar-refractivity contribution in [2.24, 2.45) is 0 Å². The summed E-state index contributed by atoms with van der Waals surface area (Å²) in [5.74, 6) is 1.46. The first-order chi connectivity index (χ1) is 12.9. The van der Waals surface area contributed by atoms with Crippen LogP contribution in [-0.4, -0.2) is 33.5 Å². The van der Waals surface area contributed by atoms with Crippen LogP contribution in [0.3, 0.4) is 0 Å². The van der Waals surface area contributed by atoms with E-state index in [1.807, 2.05) is 18.2 Å². The zero-order chi connectivity index (χ0) is 19.8. The van der Waals surface area contributed by atoms with Crippen LogP contribution < -0.4 is 14.8 Å². The van der Waals surface area contributed by atoms with Crippen molar-refractivity contribution >= 4 is 6.09 Å². The molecule has 0 aliphatic rings. The molecule has 2 aromatic carbocycles. The molecule has 146 valence electrons. The molecule has 0 aliphatic carbocycles. The van der Waals surface area contributed by atoms with E-state index >= 15 is 0 Å². The van der Waals surface area contributed by atoms with Gasteiger partial charge in [0.1, 0.15) is 11.5 Å². The minimum atomic E-state index is -0.396. The van der Waals surface area contributed by atoms with E-state index in [0.717, 1.165) is 23.5 Å². The normalized spacial score (nSPS) is 10.4. The van der Waals surface area contributed by atoms with E-state index in [1.54, 1.807) is 14.2 Å². The highest BCUT2D eigenvalue weighted by molar-refractivity contribution is 5.67. The lowest BCUT2D eigenvalue weighted by molar-refractivity contribution is 0.147. The summed E-state index contributed by atoms with van der Waals surface area (Å²) in [4.78, 5) is 11.9. The van der Waals surface area contributed by atoms with E-state index in [0.29, 0.717) is 19.6 Å². The zero-order valence-electron chi connectivity index (χ0n) is 16.8. The number of benzene rings is 2. The number of carbonyl (C=O) groups excluding carboxylic acids is 1. The Balaban J connectivity index is 1.77. The van der Waals surface area contributed by atoms with Crippen molar-refractivity contribution in [1.29, 1.82) is 0 Å². The lowest BCUT2D eigenvalue weighted by Gasteiger charge is -2.12. The largest absolute Gasteiger partial charge is 0.497 e. The van der Waals surface area contributed by atoms with Gasteiger partial charge in [0.25, 0.3) is 0 Å². The Hall–Kier alpha value is -2.69. The molecule has 0 heterocycles. The molecule has 0 aliphatic heterocycles. The fraction of sp³-hybridized carbons (Fsp3) is 0.409. The lowest BCUT2D eigenvalue weighted by Crippen LogP contribution is -2.27. The maximum Gasteiger partial charge on any atom is 0.407 e. The second-order valence-corrected chi connectivity index (χ2v) is 6.66. The summed E-state index contributed by atoms with van der Waals surface area (Å²) in [5.41, 5.74) is 6.00. The molecule has 0 atom stereocenters. The Kier molecular flexibility index (Phi) is 7.53. The van der Waals surface area contributed by atoms with Crippen molar-refractivity contribution in [2.75, 3.05) is 27.4 Å². The number of nitrogens with one attached hydrogen (secondary N) is 1. The highest BCUT2D eigenvalue weighted by atomic mass is 16.5. The minimum absolute atomic E-state index is 0.365. The van der Waals surface area contributed by atoms with Crippen molar-refractivity contribution in [1.82, 2.24) is 5.32 Å². The van der Waals surface area contributed by atoms with E-state index in [1.165, 1.54) is 22.3 Å². The van der Waals surface area contributed by atoms with Gasteiger partial charge in [-0.2, -0.15) is 0 Å². The Bertz CT molecular complexity index is 741. The van der Waals surface area contributed by atoms with Crippen molar-refractivity contribution in [3.8, 4) is 11.5 Å². The molecule has 1 amide bonds. The molecule has 0 saturated carbocycles. The first kappa shape index (κ1) is 20.6. The van der Waals surface area contributed by atoms with Gasteiger partial charge in [0.15, 0.2) is 0 Å². The number of aryl methyl sites for hydroxylation is 3. The van der Waals surface area contributed by atoms with Gasteiger partial charge >= 0.3 is 6.09 Å². The van der Waals surface area contributed by atoms with E-state index < -0.39 is 6.09 Å². The van der Waals surface area contributed by atoms with Gasteiger partial charge in [-0.3, -0.25) is 0 Å². The number of hydrogen-bond donors (Lipinski definition) is 1. The van der Waals surface area contributed by atoms with Crippen LogP contribution in [-0.2, 0) is 17.6 Å². The van der Waals surface area contributed by atoms with Crippen molar-refractivity contribution < 1.29 is 19.0 Å². The third-order valence-electron chi connectivity index (χ3n) is 4.52. The molecule has 1 N–H and O–H groups in total. The number of ether oxygens (including phenoxy) is 3. The predicted molar refractivity (Wildman–Crippen MR) is 107 cm³/mol. The summed E-state index contributed by atoms with van der Waals surface area (Å²) >= 11 is 0. The molecular weight excluding hydrogens is 342 g/mol. The van der Waals surface area contributed by atoms with Gasteiger partial charge in [-0.1, -0.05) is 17.7 Å². The number of carbonyl (C=O) groups is 1. The Morgan fingerprint density at radius 3 is 2.04 bits per heavy atom. The number of hydrogen-bond acceptors (Lipinski definition) is 4. The Labute approximate surface area is 161 Å². The lowest BCUT2D eigenvalue weighted by atomic mass is 9.98. The van der Waals surface area contributed by atoms with Crippen LogP contribution in [0.4, 0.5) is 4.79 Å². The fourth-order valence-corrected chi connectivity index (χ4v) is 3.22. The number of alkyl carbamates (subject to hydrolysis) is 1. The maximum atomic E-state index is 11.9. The van der Waals surface area contributed by atoms with Crippen LogP contribution >= 0.6 is 0 Å². The van der Waals surface area contributed by atoms with Gasteiger partial charge in [0, 0.05) is 19.0 Å². The van der Waals surface area contributed by atoms with Gasteiger partial charge in [0.05, 0.1) is 20.8 Å². The third-order valence-corrected chi connectivity index (χ3v) is 4.52. The smallest absolute Gasteiger partial charge is 0.407 e. The summed E-state index contributed by atoms with van der Waals surface area (Å²) in [6.45, 7) is 7.13. The van der Waals surface area contributed by atoms with Gasteiger partial charge in [-0.15, -0.1) is 0 Å². The minimum Gasteiger partial charge on any atom is -0.497 e. The van der Waals surface area contributed by atoms with Crippen LogP contribution in [0.5, 0.6) is 11.5 Å². The Morgan fingerprint density at radius 2 is 1.48 bits per heavy atom. The second-order valence-electron chi connectivity index (χ2n) is 6.66.